The first-order chi connectivity index (χ1) is 16.1. The van der Waals surface area contributed by atoms with E-state index in [9.17, 15) is 27.9 Å². The van der Waals surface area contributed by atoms with Gasteiger partial charge in [-0.1, -0.05) is 12.1 Å². The molecular weight excluding hydrogens is 445 g/mol. The summed E-state index contributed by atoms with van der Waals surface area (Å²) < 4.78 is 41.4. The summed E-state index contributed by atoms with van der Waals surface area (Å²) in [6, 6.07) is 12.5. The summed E-state index contributed by atoms with van der Waals surface area (Å²) >= 11 is 0. The third kappa shape index (κ3) is 3.91. The highest BCUT2D eigenvalue weighted by Gasteiger charge is 2.47. The minimum Gasteiger partial charge on any atom is -0.507 e. The molecule has 0 spiro atoms. The number of carbonyl (C=O) groups is 2. The Labute approximate surface area is 194 Å². The second-order valence-electron chi connectivity index (χ2n) is 8.22. The number of halogens is 3. The Morgan fingerprint density at radius 1 is 0.882 bits per heavy atom. The lowest BCUT2D eigenvalue weighted by Gasteiger charge is -2.26. The summed E-state index contributed by atoms with van der Waals surface area (Å²) in [7, 11) is 3.69. The number of Topliss-reactive ketones (excluding diaryl/α,β-unsaturated/α-hetero) is 1. The molecule has 0 radical (unpaired) electrons. The van der Waals surface area contributed by atoms with Gasteiger partial charge in [-0.05, 0) is 60.5 Å². The van der Waals surface area contributed by atoms with Crippen molar-refractivity contribution in [2.45, 2.75) is 13.0 Å². The van der Waals surface area contributed by atoms with E-state index in [1.165, 1.54) is 25.1 Å². The standard InChI is InChI=1S/C26H21F3N2O3/c1-14-12-16(6-10-19(14)27)24(32)22-23(15-4-7-17(8-5-15)30(2)3)31(26(34)25(22)33)18-9-11-20(28)21(29)13-18/h4-13,23,32H,1-3H3/b24-22+. The number of aryl methyl sites for hydroxylation is 1. The van der Waals surface area contributed by atoms with E-state index in [1.807, 2.05) is 19.0 Å². The van der Waals surface area contributed by atoms with Crippen LogP contribution in [0.15, 0.2) is 66.2 Å². The number of aliphatic hydroxyl groups is 1. The van der Waals surface area contributed by atoms with E-state index in [0.717, 1.165) is 28.8 Å². The Morgan fingerprint density at radius 2 is 1.53 bits per heavy atom. The van der Waals surface area contributed by atoms with Gasteiger partial charge in [-0.3, -0.25) is 14.5 Å². The summed E-state index contributed by atoms with van der Waals surface area (Å²) in [5.74, 6) is -5.27. The third-order valence-electron chi connectivity index (χ3n) is 5.78. The maximum Gasteiger partial charge on any atom is 0.300 e. The summed E-state index contributed by atoms with van der Waals surface area (Å²) in [6.45, 7) is 1.50. The van der Waals surface area contributed by atoms with Crippen LogP contribution >= 0.6 is 0 Å². The molecule has 3 aromatic carbocycles. The van der Waals surface area contributed by atoms with Crippen molar-refractivity contribution < 1.29 is 27.9 Å². The molecule has 0 aromatic heterocycles. The van der Waals surface area contributed by atoms with Crippen molar-refractivity contribution in [3.63, 3.8) is 0 Å². The molecule has 1 fully saturated rings. The van der Waals surface area contributed by atoms with Crippen molar-refractivity contribution in [3.05, 3.63) is 100 Å². The molecule has 0 bridgehead atoms. The number of amides is 1. The first kappa shape index (κ1) is 23.1. The van der Waals surface area contributed by atoms with Crippen molar-refractivity contribution in [2.24, 2.45) is 0 Å². The Hall–Kier alpha value is -4.07. The molecular formula is C26H21F3N2O3. The van der Waals surface area contributed by atoms with Crippen LogP contribution in [0.2, 0.25) is 0 Å². The first-order valence-corrected chi connectivity index (χ1v) is 10.4. The van der Waals surface area contributed by atoms with Crippen LogP contribution in [0.5, 0.6) is 0 Å². The number of nitrogens with zero attached hydrogens (tertiary/aromatic N) is 2. The van der Waals surface area contributed by atoms with Gasteiger partial charge in [0.15, 0.2) is 11.6 Å². The molecule has 34 heavy (non-hydrogen) atoms. The fraction of sp³-hybridized carbons (Fsp3) is 0.154. The van der Waals surface area contributed by atoms with Crippen LogP contribution in [0.4, 0.5) is 24.5 Å². The molecule has 1 N–H and O–H groups in total. The van der Waals surface area contributed by atoms with E-state index in [2.05, 4.69) is 0 Å². The van der Waals surface area contributed by atoms with Gasteiger partial charge in [0.2, 0.25) is 0 Å². The summed E-state index contributed by atoms with van der Waals surface area (Å²) in [5.41, 5.74) is 1.43. The normalized spacial score (nSPS) is 17.4. The zero-order valence-corrected chi connectivity index (χ0v) is 18.6. The number of hydrogen-bond acceptors (Lipinski definition) is 4. The molecule has 1 unspecified atom stereocenters. The fourth-order valence-corrected chi connectivity index (χ4v) is 3.95. The summed E-state index contributed by atoms with van der Waals surface area (Å²) in [4.78, 5) is 29.1. The van der Waals surface area contributed by atoms with Crippen molar-refractivity contribution in [1.82, 2.24) is 0 Å². The van der Waals surface area contributed by atoms with Gasteiger partial charge in [0.1, 0.15) is 11.6 Å². The molecule has 1 atom stereocenters. The van der Waals surface area contributed by atoms with Gasteiger partial charge in [-0.2, -0.15) is 0 Å². The second-order valence-corrected chi connectivity index (χ2v) is 8.22. The average Bonchev–Trinajstić information content (AvgIpc) is 3.07. The molecule has 1 amide bonds. The van der Waals surface area contributed by atoms with Gasteiger partial charge in [0.05, 0.1) is 11.6 Å². The molecule has 3 aromatic rings. The second kappa shape index (κ2) is 8.70. The quantitative estimate of drug-likeness (QED) is 0.330. The number of aliphatic hydroxyl groups excluding tert-OH is 1. The monoisotopic (exact) mass is 466 g/mol. The SMILES string of the molecule is Cc1cc(/C(O)=C2\C(=O)C(=O)N(c3ccc(F)c(F)c3)C2c2ccc(N(C)C)cc2)ccc1F. The molecule has 1 saturated heterocycles. The predicted octanol–water partition coefficient (Wildman–Crippen LogP) is 5.10. The minimum absolute atomic E-state index is 0.0444. The Balaban J connectivity index is 1.95. The maximum atomic E-state index is 14.0. The summed E-state index contributed by atoms with van der Waals surface area (Å²) in [5, 5.41) is 11.1. The van der Waals surface area contributed by atoms with E-state index in [-0.39, 0.29) is 22.4 Å². The van der Waals surface area contributed by atoms with Gasteiger partial charge in [0.25, 0.3) is 11.7 Å². The molecule has 0 saturated carbocycles. The lowest BCUT2D eigenvalue weighted by atomic mass is 9.94. The Bertz CT molecular complexity index is 1330. The highest BCUT2D eigenvalue weighted by atomic mass is 19.2. The highest BCUT2D eigenvalue weighted by molar-refractivity contribution is 6.51. The van der Waals surface area contributed by atoms with Crippen molar-refractivity contribution >= 4 is 28.8 Å². The number of carbonyl (C=O) groups excluding carboxylic acids is 2. The maximum absolute atomic E-state index is 14.0. The number of anilines is 2. The number of benzene rings is 3. The zero-order chi connectivity index (χ0) is 24.7. The van der Waals surface area contributed by atoms with E-state index < -0.39 is 40.9 Å². The van der Waals surface area contributed by atoms with Gasteiger partial charge in [-0.25, -0.2) is 13.2 Å². The van der Waals surface area contributed by atoms with Gasteiger partial charge in [-0.15, -0.1) is 0 Å². The summed E-state index contributed by atoms with van der Waals surface area (Å²) in [6.07, 6.45) is 0. The van der Waals surface area contributed by atoms with Crippen LogP contribution in [0, 0.1) is 24.4 Å². The highest BCUT2D eigenvalue weighted by Crippen LogP contribution is 2.42. The largest absolute Gasteiger partial charge is 0.507 e. The number of ketones is 1. The lowest BCUT2D eigenvalue weighted by Crippen LogP contribution is -2.29. The number of rotatable bonds is 4. The molecule has 174 valence electrons. The average molecular weight is 466 g/mol. The van der Waals surface area contributed by atoms with Crippen LogP contribution in [-0.4, -0.2) is 30.9 Å². The molecule has 1 aliphatic heterocycles. The van der Waals surface area contributed by atoms with Crippen LogP contribution in [-0.2, 0) is 9.59 Å². The van der Waals surface area contributed by atoms with E-state index >= 15 is 0 Å². The van der Waals surface area contributed by atoms with Crippen LogP contribution in [0.1, 0.15) is 22.7 Å². The molecule has 1 heterocycles. The molecule has 8 heteroatoms. The first-order valence-electron chi connectivity index (χ1n) is 10.4. The van der Waals surface area contributed by atoms with E-state index in [4.69, 9.17) is 0 Å². The van der Waals surface area contributed by atoms with Crippen molar-refractivity contribution in [3.8, 4) is 0 Å². The third-order valence-corrected chi connectivity index (χ3v) is 5.78. The fourth-order valence-electron chi connectivity index (χ4n) is 3.95. The van der Waals surface area contributed by atoms with E-state index in [1.54, 1.807) is 24.3 Å². The Morgan fingerprint density at radius 3 is 2.12 bits per heavy atom. The molecule has 1 aliphatic rings. The minimum atomic E-state index is -1.18. The van der Waals surface area contributed by atoms with E-state index in [0.29, 0.717) is 5.56 Å². The van der Waals surface area contributed by atoms with Crippen LogP contribution in [0.3, 0.4) is 0 Å². The van der Waals surface area contributed by atoms with Gasteiger partial charge < -0.3 is 10.0 Å². The lowest BCUT2D eigenvalue weighted by molar-refractivity contribution is -0.132. The van der Waals surface area contributed by atoms with Crippen LogP contribution < -0.4 is 9.80 Å². The molecule has 4 rings (SSSR count). The van der Waals surface area contributed by atoms with Crippen LogP contribution in [0.25, 0.3) is 5.76 Å². The number of hydrogen-bond donors (Lipinski definition) is 1. The molecule has 0 aliphatic carbocycles. The zero-order valence-electron chi connectivity index (χ0n) is 18.6. The predicted molar refractivity (Wildman–Crippen MR) is 123 cm³/mol. The van der Waals surface area contributed by atoms with Crippen molar-refractivity contribution in [2.75, 3.05) is 23.9 Å². The topological polar surface area (TPSA) is 60.9 Å². The smallest absolute Gasteiger partial charge is 0.300 e. The Kier molecular flexibility index (Phi) is 5.91. The van der Waals surface area contributed by atoms with Gasteiger partial charge in [0, 0.05) is 37.1 Å². The van der Waals surface area contributed by atoms with Crippen molar-refractivity contribution in [1.29, 1.82) is 0 Å². The van der Waals surface area contributed by atoms with Gasteiger partial charge >= 0.3 is 0 Å². The molecule has 5 nitrogen and oxygen atoms in total.